The Morgan fingerprint density at radius 1 is 1.00 bits per heavy atom. The zero-order valence-corrected chi connectivity index (χ0v) is 18.5. The zero-order valence-electron chi connectivity index (χ0n) is 16.9. The molecule has 1 aliphatic heterocycles. The third-order valence-corrected chi connectivity index (χ3v) is 7.43. The van der Waals surface area contributed by atoms with Gasteiger partial charge in [0.25, 0.3) is 0 Å². The number of halogens is 1. The average molecular weight is 459 g/mol. The van der Waals surface area contributed by atoms with Crippen LogP contribution in [0.3, 0.4) is 0 Å². The monoisotopic (exact) mass is 458 g/mol. The first-order valence-corrected chi connectivity index (χ1v) is 12.3. The van der Waals surface area contributed by atoms with Gasteiger partial charge in [0.15, 0.2) is 0 Å². The number of sulfonamides is 1. The van der Waals surface area contributed by atoms with Crippen LogP contribution in [-0.4, -0.2) is 48.3 Å². The number of anilines is 1. The topological polar surface area (TPSA) is 66.4 Å². The van der Waals surface area contributed by atoms with Crippen LogP contribution in [0.25, 0.3) is 6.08 Å². The maximum absolute atomic E-state index is 13.1. The largest absolute Gasteiger partial charge is 0.345 e. The van der Waals surface area contributed by atoms with Crippen molar-refractivity contribution in [3.63, 3.8) is 0 Å². The van der Waals surface area contributed by atoms with Crippen LogP contribution in [-0.2, 0) is 16.4 Å². The van der Waals surface area contributed by atoms with Crippen molar-refractivity contribution in [1.82, 2.24) is 13.7 Å². The molecule has 0 saturated carbocycles. The van der Waals surface area contributed by atoms with Crippen LogP contribution in [0.1, 0.15) is 23.4 Å². The lowest BCUT2D eigenvalue weighted by atomic mass is 10.1. The molecule has 0 amide bonds. The van der Waals surface area contributed by atoms with Crippen molar-refractivity contribution in [3.05, 3.63) is 82.8 Å². The SMILES string of the molecule is O=S(=O)(C=Cc1ccccc1)N1CCCN(c2nc(Cc3ccc(F)cc3)ns2)CC1. The van der Waals surface area contributed by atoms with Gasteiger partial charge in [-0.3, -0.25) is 0 Å². The molecule has 6 nitrogen and oxygen atoms in total. The van der Waals surface area contributed by atoms with E-state index < -0.39 is 10.0 Å². The third-order valence-electron chi connectivity index (χ3n) is 5.05. The van der Waals surface area contributed by atoms with Crippen LogP contribution in [0.15, 0.2) is 60.0 Å². The summed E-state index contributed by atoms with van der Waals surface area (Å²) < 4.78 is 44.5. The van der Waals surface area contributed by atoms with Crippen molar-refractivity contribution < 1.29 is 12.8 Å². The maximum atomic E-state index is 13.1. The third kappa shape index (κ3) is 5.75. The molecule has 0 aliphatic carbocycles. The van der Waals surface area contributed by atoms with E-state index >= 15 is 0 Å². The second-order valence-corrected chi connectivity index (χ2v) is 9.84. The first-order valence-electron chi connectivity index (χ1n) is 10.0. The van der Waals surface area contributed by atoms with Crippen molar-refractivity contribution in [2.45, 2.75) is 12.8 Å². The fourth-order valence-corrected chi connectivity index (χ4v) is 5.34. The van der Waals surface area contributed by atoms with E-state index in [-0.39, 0.29) is 5.82 Å². The molecule has 31 heavy (non-hydrogen) atoms. The van der Waals surface area contributed by atoms with Gasteiger partial charge in [0.2, 0.25) is 15.2 Å². The summed E-state index contributed by atoms with van der Waals surface area (Å²) in [5, 5.41) is 2.07. The quantitative estimate of drug-likeness (QED) is 0.562. The van der Waals surface area contributed by atoms with E-state index in [0.29, 0.717) is 38.3 Å². The average Bonchev–Trinajstić information content (AvgIpc) is 3.08. The second kappa shape index (κ2) is 9.67. The summed E-state index contributed by atoms with van der Waals surface area (Å²) in [5.74, 6) is 0.421. The minimum Gasteiger partial charge on any atom is -0.345 e. The van der Waals surface area contributed by atoms with Gasteiger partial charge in [-0.1, -0.05) is 42.5 Å². The van der Waals surface area contributed by atoms with E-state index in [1.54, 1.807) is 18.2 Å². The number of hydrogen-bond acceptors (Lipinski definition) is 6. The summed E-state index contributed by atoms with van der Waals surface area (Å²) in [6.07, 6.45) is 2.88. The molecule has 0 unspecified atom stereocenters. The molecular weight excluding hydrogens is 435 g/mol. The highest BCUT2D eigenvalue weighted by molar-refractivity contribution is 7.92. The van der Waals surface area contributed by atoms with Gasteiger partial charge in [0, 0.05) is 49.5 Å². The Balaban J connectivity index is 1.38. The van der Waals surface area contributed by atoms with E-state index in [2.05, 4.69) is 14.3 Å². The van der Waals surface area contributed by atoms with E-state index in [1.807, 2.05) is 30.3 Å². The zero-order chi connectivity index (χ0) is 21.7. The molecule has 1 fully saturated rings. The molecule has 0 spiro atoms. The molecule has 0 N–H and O–H groups in total. The first kappa shape index (κ1) is 21.6. The Labute approximate surface area is 185 Å². The Kier molecular flexibility index (Phi) is 6.74. The van der Waals surface area contributed by atoms with Crippen LogP contribution in [0.4, 0.5) is 9.52 Å². The van der Waals surface area contributed by atoms with Crippen molar-refractivity contribution in [2.75, 3.05) is 31.1 Å². The van der Waals surface area contributed by atoms with Gasteiger partial charge in [0.1, 0.15) is 11.6 Å². The van der Waals surface area contributed by atoms with Crippen molar-refractivity contribution in [2.24, 2.45) is 0 Å². The van der Waals surface area contributed by atoms with Crippen LogP contribution in [0, 0.1) is 5.82 Å². The summed E-state index contributed by atoms with van der Waals surface area (Å²) >= 11 is 1.31. The molecule has 9 heteroatoms. The Morgan fingerprint density at radius 3 is 2.55 bits per heavy atom. The summed E-state index contributed by atoms with van der Waals surface area (Å²) in [6.45, 7) is 2.15. The molecule has 0 atom stereocenters. The minimum absolute atomic E-state index is 0.265. The van der Waals surface area contributed by atoms with Gasteiger partial charge in [0.05, 0.1) is 0 Å². The van der Waals surface area contributed by atoms with Crippen LogP contribution < -0.4 is 4.90 Å². The highest BCUT2D eigenvalue weighted by Gasteiger charge is 2.24. The fraction of sp³-hybridized carbons (Fsp3) is 0.273. The predicted octanol–water partition coefficient (Wildman–Crippen LogP) is 3.78. The Bertz CT molecular complexity index is 1130. The van der Waals surface area contributed by atoms with E-state index in [9.17, 15) is 12.8 Å². The summed E-state index contributed by atoms with van der Waals surface area (Å²) in [7, 11) is -3.49. The lowest BCUT2D eigenvalue weighted by Gasteiger charge is -2.19. The summed E-state index contributed by atoms with van der Waals surface area (Å²) in [4.78, 5) is 6.70. The van der Waals surface area contributed by atoms with Gasteiger partial charge in [-0.2, -0.15) is 8.68 Å². The van der Waals surface area contributed by atoms with Gasteiger partial charge < -0.3 is 4.90 Å². The number of nitrogens with zero attached hydrogens (tertiary/aromatic N) is 4. The molecule has 2 aromatic carbocycles. The number of hydrogen-bond donors (Lipinski definition) is 0. The molecule has 1 saturated heterocycles. The molecule has 3 aromatic rings. The molecule has 0 radical (unpaired) electrons. The fourth-order valence-electron chi connectivity index (χ4n) is 3.38. The van der Waals surface area contributed by atoms with E-state index in [4.69, 9.17) is 0 Å². The number of benzene rings is 2. The lowest BCUT2D eigenvalue weighted by molar-refractivity contribution is 0.440. The molecule has 162 valence electrons. The van der Waals surface area contributed by atoms with Crippen LogP contribution in [0.5, 0.6) is 0 Å². The molecule has 1 aromatic heterocycles. The standard InChI is InChI=1S/C22H23FN4O2S2/c23-20-9-7-19(8-10-20)17-21-24-22(30-25-21)26-12-4-13-27(15-14-26)31(28,29)16-11-18-5-2-1-3-6-18/h1-3,5-11,16H,4,12-15,17H2. The van der Waals surface area contributed by atoms with Gasteiger partial charge in [-0.15, -0.1) is 0 Å². The number of aromatic nitrogens is 2. The molecule has 0 bridgehead atoms. The molecule has 2 heterocycles. The van der Waals surface area contributed by atoms with Crippen molar-refractivity contribution in [3.8, 4) is 0 Å². The van der Waals surface area contributed by atoms with Crippen molar-refractivity contribution >= 4 is 32.8 Å². The first-order chi connectivity index (χ1) is 15.0. The second-order valence-electron chi connectivity index (χ2n) is 7.29. The van der Waals surface area contributed by atoms with E-state index in [0.717, 1.165) is 22.8 Å². The smallest absolute Gasteiger partial charge is 0.236 e. The lowest BCUT2D eigenvalue weighted by Crippen LogP contribution is -2.34. The van der Waals surface area contributed by atoms with Gasteiger partial charge in [-0.25, -0.2) is 17.8 Å². The van der Waals surface area contributed by atoms with Gasteiger partial charge >= 0.3 is 0 Å². The van der Waals surface area contributed by atoms with E-state index in [1.165, 1.54) is 33.4 Å². The highest BCUT2D eigenvalue weighted by Crippen LogP contribution is 2.22. The summed E-state index contributed by atoms with van der Waals surface area (Å²) in [5.41, 5.74) is 1.80. The highest BCUT2D eigenvalue weighted by atomic mass is 32.2. The summed E-state index contributed by atoms with van der Waals surface area (Å²) in [6, 6.07) is 15.7. The van der Waals surface area contributed by atoms with Crippen LogP contribution in [0.2, 0.25) is 0 Å². The number of rotatable bonds is 6. The predicted molar refractivity (Wildman–Crippen MR) is 122 cm³/mol. The molecule has 1 aliphatic rings. The Hall–Kier alpha value is -2.62. The minimum atomic E-state index is -3.49. The maximum Gasteiger partial charge on any atom is 0.236 e. The van der Waals surface area contributed by atoms with Gasteiger partial charge in [-0.05, 0) is 35.8 Å². The van der Waals surface area contributed by atoms with Crippen LogP contribution >= 0.6 is 11.5 Å². The normalized spacial score (nSPS) is 16.0. The molecular formula is C22H23FN4O2S2. The van der Waals surface area contributed by atoms with Crippen molar-refractivity contribution in [1.29, 1.82) is 0 Å². The molecule has 4 rings (SSSR count). The Morgan fingerprint density at radius 2 is 1.77 bits per heavy atom.